The van der Waals surface area contributed by atoms with E-state index in [1.807, 2.05) is 73.7 Å². The molecular formula is C25H22ClN5O2S. The van der Waals surface area contributed by atoms with Gasteiger partial charge in [0, 0.05) is 10.7 Å². The van der Waals surface area contributed by atoms with Crippen molar-refractivity contribution in [3.8, 4) is 5.75 Å². The number of halogens is 1. The van der Waals surface area contributed by atoms with Crippen LogP contribution in [-0.2, 0) is 11.4 Å². The lowest BCUT2D eigenvalue weighted by Gasteiger charge is -2.33. The van der Waals surface area contributed by atoms with Crippen LogP contribution in [0.3, 0.4) is 0 Å². The highest BCUT2D eigenvalue weighted by Gasteiger charge is 2.38. The number of anilines is 1. The molecule has 7 nitrogen and oxygen atoms in total. The average molecular weight is 492 g/mol. The number of amides is 1. The molecule has 2 N–H and O–H groups in total. The summed E-state index contributed by atoms with van der Waals surface area (Å²) in [5, 5.41) is 12.3. The van der Waals surface area contributed by atoms with E-state index in [1.54, 1.807) is 16.8 Å². The van der Waals surface area contributed by atoms with E-state index in [0.29, 0.717) is 21.7 Å². The van der Waals surface area contributed by atoms with Crippen LogP contribution in [0.5, 0.6) is 5.75 Å². The number of carbonyl (C=O) groups excluding carboxylic acids is 1. The lowest BCUT2D eigenvalue weighted by Crippen LogP contribution is -2.41. The van der Waals surface area contributed by atoms with Gasteiger partial charge in [-0.25, -0.2) is 4.68 Å². The fourth-order valence-corrected chi connectivity index (χ4v) is 4.97. The van der Waals surface area contributed by atoms with Gasteiger partial charge in [-0.1, -0.05) is 78.0 Å². The van der Waals surface area contributed by atoms with Crippen molar-refractivity contribution < 1.29 is 9.53 Å². The Hall–Kier alpha value is -3.49. The first-order chi connectivity index (χ1) is 16.6. The fraction of sp³-hybridized carbons (Fsp3) is 0.160. The number of para-hydroxylation sites is 1. The van der Waals surface area contributed by atoms with Gasteiger partial charge in [0.05, 0.1) is 6.04 Å². The van der Waals surface area contributed by atoms with E-state index in [0.717, 1.165) is 16.9 Å². The zero-order valence-electron chi connectivity index (χ0n) is 18.3. The maximum Gasteiger partial charge on any atom is 0.240 e. The molecule has 4 aromatic rings. The van der Waals surface area contributed by atoms with Crippen molar-refractivity contribution >= 4 is 35.0 Å². The van der Waals surface area contributed by atoms with E-state index in [-0.39, 0.29) is 18.6 Å². The van der Waals surface area contributed by atoms with Crippen molar-refractivity contribution in [2.75, 3.05) is 10.7 Å². The van der Waals surface area contributed by atoms with Gasteiger partial charge in [0.2, 0.25) is 11.1 Å². The van der Waals surface area contributed by atoms with Gasteiger partial charge in [-0.05, 0) is 42.3 Å². The normalized spacial score (nSPS) is 16.9. The molecule has 1 amide bonds. The van der Waals surface area contributed by atoms with Gasteiger partial charge in [0.15, 0.2) is 5.82 Å². The molecule has 0 fully saturated rings. The standard InChI is InChI=1S/C25H22ClN5O2S/c1-16-12-13-18(26)14-20(16)27-24(32)23-22(17-8-4-2-5-9-17)30-31-21(28-29-25(31)34-23)15-33-19-10-6-3-7-11-19/h2-14,22-23,30H,15H2,1H3,(H,27,32)/t22-,23+/m0/s1. The Morgan fingerprint density at radius 3 is 2.59 bits per heavy atom. The summed E-state index contributed by atoms with van der Waals surface area (Å²) in [6.07, 6.45) is 0. The second-order valence-corrected chi connectivity index (χ2v) is 9.39. The van der Waals surface area contributed by atoms with Crippen molar-refractivity contribution in [2.45, 2.75) is 30.0 Å². The predicted octanol–water partition coefficient (Wildman–Crippen LogP) is 5.22. The summed E-state index contributed by atoms with van der Waals surface area (Å²) in [7, 11) is 0. The third-order valence-corrected chi connectivity index (χ3v) is 6.94. The number of hydrogen-bond acceptors (Lipinski definition) is 6. The maximum absolute atomic E-state index is 13.4. The van der Waals surface area contributed by atoms with Crippen molar-refractivity contribution in [1.29, 1.82) is 0 Å². The van der Waals surface area contributed by atoms with Crippen LogP contribution in [0.4, 0.5) is 5.69 Å². The van der Waals surface area contributed by atoms with E-state index in [1.165, 1.54) is 11.8 Å². The Morgan fingerprint density at radius 1 is 1.09 bits per heavy atom. The Balaban J connectivity index is 1.42. The highest BCUT2D eigenvalue weighted by Crippen LogP contribution is 2.38. The summed E-state index contributed by atoms with van der Waals surface area (Å²) in [4.78, 5) is 13.4. The molecule has 1 aliphatic rings. The first-order valence-electron chi connectivity index (χ1n) is 10.8. The zero-order chi connectivity index (χ0) is 23.5. The Kier molecular flexibility index (Phi) is 6.42. The van der Waals surface area contributed by atoms with Crippen LogP contribution in [0.2, 0.25) is 5.02 Å². The van der Waals surface area contributed by atoms with Crippen LogP contribution >= 0.6 is 23.4 Å². The highest BCUT2D eigenvalue weighted by molar-refractivity contribution is 8.00. The number of nitrogens with one attached hydrogen (secondary N) is 2. The number of rotatable bonds is 6. The van der Waals surface area contributed by atoms with Crippen molar-refractivity contribution in [3.63, 3.8) is 0 Å². The molecule has 2 heterocycles. The lowest BCUT2D eigenvalue weighted by atomic mass is 10.0. The van der Waals surface area contributed by atoms with Crippen LogP contribution in [-0.4, -0.2) is 26.0 Å². The summed E-state index contributed by atoms with van der Waals surface area (Å²) in [5.41, 5.74) is 6.05. The minimum atomic E-state index is -0.486. The number of nitrogens with zero attached hydrogens (tertiary/aromatic N) is 3. The van der Waals surface area contributed by atoms with Crippen LogP contribution in [0.1, 0.15) is 23.0 Å². The SMILES string of the molecule is Cc1ccc(Cl)cc1NC(=O)[C@@H]1Sc2nnc(COc3ccccc3)n2N[C@H]1c1ccccc1. The molecule has 9 heteroatoms. The van der Waals surface area contributed by atoms with E-state index in [9.17, 15) is 4.79 Å². The molecule has 0 spiro atoms. The van der Waals surface area contributed by atoms with Crippen LogP contribution in [0, 0.1) is 6.92 Å². The number of ether oxygens (including phenoxy) is 1. The summed E-state index contributed by atoms with van der Waals surface area (Å²) in [5.74, 6) is 1.22. The number of benzene rings is 3. The summed E-state index contributed by atoms with van der Waals surface area (Å²) < 4.78 is 7.68. The van der Waals surface area contributed by atoms with Crippen LogP contribution < -0.4 is 15.5 Å². The number of hydrogen-bond donors (Lipinski definition) is 2. The topological polar surface area (TPSA) is 81.1 Å². The second kappa shape index (κ2) is 9.79. The quantitative estimate of drug-likeness (QED) is 0.385. The molecule has 0 saturated heterocycles. The number of thioether (sulfide) groups is 1. The average Bonchev–Trinajstić information content (AvgIpc) is 3.27. The Labute approximate surface area is 206 Å². The number of aryl methyl sites for hydroxylation is 1. The molecule has 0 saturated carbocycles. The van der Waals surface area contributed by atoms with Gasteiger partial charge in [0.25, 0.3) is 0 Å². The van der Waals surface area contributed by atoms with Gasteiger partial charge in [-0.15, -0.1) is 10.2 Å². The van der Waals surface area contributed by atoms with Crippen molar-refractivity contribution in [1.82, 2.24) is 14.9 Å². The smallest absolute Gasteiger partial charge is 0.240 e. The molecule has 0 bridgehead atoms. The van der Waals surface area contributed by atoms with E-state index in [2.05, 4.69) is 20.9 Å². The van der Waals surface area contributed by atoms with Gasteiger partial charge >= 0.3 is 0 Å². The third-order valence-electron chi connectivity index (χ3n) is 5.49. The van der Waals surface area contributed by atoms with Gasteiger partial charge in [0.1, 0.15) is 17.6 Å². The first-order valence-corrected chi connectivity index (χ1v) is 12.0. The zero-order valence-corrected chi connectivity index (χ0v) is 19.9. The third kappa shape index (κ3) is 4.73. The summed E-state index contributed by atoms with van der Waals surface area (Å²) in [6, 6.07) is 24.5. The molecule has 172 valence electrons. The minimum Gasteiger partial charge on any atom is -0.486 e. The lowest BCUT2D eigenvalue weighted by molar-refractivity contribution is -0.116. The molecule has 3 aromatic carbocycles. The number of fused-ring (bicyclic) bond motifs is 1. The van der Waals surface area contributed by atoms with Crippen molar-refractivity contribution in [2.24, 2.45) is 0 Å². The van der Waals surface area contributed by atoms with E-state index < -0.39 is 5.25 Å². The fourth-order valence-electron chi connectivity index (χ4n) is 3.70. The van der Waals surface area contributed by atoms with Crippen LogP contribution in [0.15, 0.2) is 84.0 Å². The molecule has 1 aromatic heterocycles. The van der Waals surface area contributed by atoms with Gasteiger partial charge in [-0.3, -0.25) is 4.79 Å². The van der Waals surface area contributed by atoms with E-state index >= 15 is 0 Å². The molecular weight excluding hydrogens is 470 g/mol. The maximum atomic E-state index is 13.4. The number of carbonyl (C=O) groups is 1. The summed E-state index contributed by atoms with van der Waals surface area (Å²) in [6.45, 7) is 2.17. The molecule has 0 unspecified atom stereocenters. The Bertz CT molecular complexity index is 1300. The molecule has 34 heavy (non-hydrogen) atoms. The van der Waals surface area contributed by atoms with Gasteiger partial charge in [-0.2, -0.15) is 0 Å². The van der Waals surface area contributed by atoms with Crippen LogP contribution in [0.25, 0.3) is 0 Å². The molecule has 1 aliphatic heterocycles. The Morgan fingerprint density at radius 2 is 1.82 bits per heavy atom. The van der Waals surface area contributed by atoms with Crippen molar-refractivity contribution in [3.05, 3.63) is 101 Å². The first kappa shape index (κ1) is 22.3. The van der Waals surface area contributed by atoms with Gasteiger partial charge < -0.3 is 15.5 Å². The predicted molar refractivity (Wildman–Crippen MR) is 134 cm³/mol. The molecule has 0 radical (unpaired) electrons. The summed E-state index contributed by atoms with van der Waals surface area (Å²) >= 11 is 7.52. The largest absolute Gasteiger partial charge is 0.486 e. The molecule has 0 aliphatic carbocycles. The second-order valence-electron chi connectivity index (χ2n) is 7.84. The number of aromatic nitrogens is 3. The monoisotopic (exact) mass is 491 g/mol. The highest BCUT2D eigenvalue weighted by atomic mass is 35.5. The molecule has 2 atom stereocenters. The van der Waals surface area contributed by atoms with E-state index in [4.69, 9.17) is 16.3 Å². The minimum absolute atomic E-state index is 0.145. The molecule has 5 rings (SSSR count).